The molecule has 1 amide bonds. The fourth-order valence-corrected chi connectivity index (χ4v) is 5.54. The van der Waals surface area contributed by atoms with Gasteiger partial charge in [0.1, 0.15) is 0 Å². The summed E-state index contributed by atoms with van der Waals surface area (Å²) in [5.74, 6) is 0.953. The Morgan fingerprint density at radius 2 is 1.84 bits per heavy atom. The zero-order valence-corrected chi connectivity index (χ0v) is 20.6. The molecule has 5 heteroatoms. The van der Waals surface area contributed by atoms with Crippen molar-refractivity contribution in [3.05, 3.63) is 35.9 Å². The standard InChI is InChI=1S/C24H36N2O3.C3H8/c1-24(12-8-20(16-24)25-21-11-15-29-17-22(21)28-2)23(27)26-13-9-19(10-14-26)18-6-4-3-5-7-18;1-3-2/h3-7,19-22,25H,8-17H2,1-2H3;3H2,1-2H3. The average Bonchev–Trinajstić information content (AvgIpc) is 3.22. The molecule has 1 aromatic rings. The van der Waals surface area contributed by atoms with Crippen LogP contribution < -0.4 is 5.32 Å². The average molecular weight is 445 g/mol. The Bertz CT molecular complexity index is 689. The minimum Gasteiger partial charge on any atom is -0.379 e. The Hall–Kier alpha value is -1.43. The number of ether oxygens (including phenoxy) is 2. The van der Waals surface area contributed by atoms with Gasteiger partial charge in [-0.15, -0.1) is 0 Å². The molecule has 1 N–H and O–H groups in total. The van der Waals surface area contributed by atoms with E-state index in [1.54, 1.807) is 7.11 Å². The molecular weight excluding hydrogens is 400 g/mol. The summed E-state index contributed by atoms with van der Waals surface area (Å²) in [7, 11) is 1.76. The van der Waals surface area contributed by atoms with Crippen molar-refractivity contribution in [3.63, 3.8) is 0 Å². The molecule has 180 valence electrons. The third-order valence-corrected chi connectivity index (χ3v) is 7.37. The van der Waals surface area contributed by atoms with Gasteiger partial charge in [-0.05, 0) is 50.0 Å². The molecule has 2 heterocycles. The Kier molecular flexibility index (Phi) is 9.57. The van der Waals surface area contributed by atoms with Crippen LogP contribution in [0.1, 0.15) is 77.2 Å². The fourth-order valence-electron chi connectivity index (χ4n) is 5.54. The predicted molar refractivity (Wildman–Crippen MR) is 130 cm³/mol. The van der Waals surface area contributed by atoms with E-state index in [9.17, 15) is 4.79 Å². The number of nitrogens with zero attached hydrogens (tertiary/aromatic N) is 1. The number of hydrogen-bond acceptors (Lipinski definition) is 4. The smallest absolute Gasteiger partial charge is 0.228 e. The zero-order valence-electron chi connectivity index (χ0n) is 20.6. The number of hydrogen-bond donors (Lipinski definition) is 1. The summed E-state index contributed by atoms with van der Waals surface area (Å²) in [6.45, 7) is 9.65. The molecule has 3 aliphatic rings. The second kappa shape index (κ2) is 12.2. The van der Waals surface area contributed by atoms with Crippen molar-refractivity contribution in [2.75, 3.05) is 33.4 Å². The number of nitrogens with one attached hydrogen (secondary N) is 1. The van der Waals surface area contributed by atoms with Gasteiger partial charge in [-0.1, -0.05) is 57.5 Å². The summed E-state index contributed by atoms with van der Waals surface area (Å²) >= 11 is 0. The fraction of sp³-hybridized carbons (Fsp3) is 0.741. The summed E-state index contributed by atoms with van der Waals surface area (Å²) < 4.78 is 11.1. The van der Waals surface area contributed by atoms with Gasteiger partial charge in [-0.3, -0.25) is 4.79 Å². The first-order valence-electron chi connectivity index (χ1n) is 12.7. The number of methoxy groups -OCH3 is 1. The Labute approximate surface area is 195 Å². The van der Waals surface area contributed by atoms with Crippen molar-refractivity contribution in [1.82, 2.24) is 10.2 Å². The molecule has 4 rings (SSSR count). The summed E-state index contributed by atoms with van der Waals surface area (Å²) in [5, 5.41) is 3.78. The molecule has 0 bridgehead atoms. The number of carbonyl (C=O) groups is 1. The number of likely N-dealkylation sites (tertiary alicyclic amines) is 1. The molecule has 0 aromatic heterocycles. The minimum absolute atomic E-state index is 0.114. The number of benzene rings is 1. The van der Waals surface area contributed by atoms with E-state index >= 15 is 0 Å². The van der Waals surface area contributed by atoms with Crippen LogP contribution in [0.25, 0.3) is 0 Å². The lowest BCUT2D eigenvalue weighted by atomic mass is 9.84. The molecule has 0 radical (unpaired) electrons. The molecule has 1 aromatic carbocycles. The third-order valence-electron chi connectivity index (χ3n) is 7.37. The Morgan fingerprint density at radius 3 is 2.50 bits per heavy atom. The first-order chi connectivity index (χ1) is 15.5. The second-order valence-electron chi connectivity index (χ2n) is 10.1. The van der Waals surface area contributed by atoms with Gasteiger partial charge in [0.05, 0.1) is 12.7 Å². The van der Waals surface area contributed by atoms with E-state index in [1.165, 1.54) is 12.0 Å². The van der Waals surface area contributed by atoms with Crippen LogP contribution in [-0.2, 0) is 14.3 Å². The quantitative estimate of drug-likeness (QED) is 0.711. The summed E-state index contributed by atoms with van der Waals surface area (Å²) in [4.78, 5) is 15.5. The van der Waals surface area contributed by atoms with E-state index in [0.29, 0.717) is 30.5 Å². The molecular formula is C27H44N2O3. The third kappa shape index (κ3) is 6.33. The number of amides is 1. The highest BCUT2D eigenvalue weighted by Gasteiger charge is 2.44. The lowest BCUT2D eigenvalue weighted by molar-refractivity contribution is -0.142. The lowest BCUT2D eigenvalue weighted by Crippen LogP contribution is -2.51. The van der Waals surface area contributed by atoms with Crippen molar-refractivity contribution in [1.29, 1.82) is 0 Å². The summed E-state index contributed by atoms with van der Waals surface area (Å²) in [6, 6.07) is 11.5. The van der Waals surface area contributed by atoms with Gasteiger partial charge in [-0.2, -0.15) is 0 Å². The van der Waals surface area contributed by atoms with Crippen LogP contribution >= 0.6 is 0 Å². The normalized spacial score (nSPS) is 31.1. The first kappa shape index (κ1) is 25.2. The maximum Gasteiger partial charge on any atom is 0.228 e. The van der Waals surface area contributed by atoms with E-state index in [2.05, 4.69) is 61.3 Å². The number of carbonyl (C=O) groups excluding carboxylic acids is 1. The molecule has 4 atom stereocenters. The van der Waals surface area contributed by atoms with Crippen molar-refractivity contribution in [2.24, 2.45) is 5.41 Å². The predicted octanol–water partition coefficient (Wildman–Crippen LogP) is 4.76. The molecule has 32 heavy (non-hydrogen) atoms. The zero-order chi connectivity index (χ0) is 23.0. The van der Waals surface area contributed by atoms with Crippen molar-refractivity contribution in [3.8, 4) is 0 Å². The number of rotatable bonds is 5. The molecule has 3 fully saturated rings. The van der Waals surface area contributed by atoms with E-state index in [1.807, 2.05) is 0 Å². The Balaban J connectivity index is 0.000000913. The SMILES string of the molecule is CCC.COC1COCCC1NC1CCC(C)(C(=O)N2CCC(c3ccccc3)CC2)C1. The molecule has 0 spiro atoms. The highest BCUT2D eigenvalue weighted by atomic mass is 16.5. The van der Waals surface area contributed by atoms with Gasteiger partial charge < -0.3 is 19.7 Å². The largest absolute Gasteiger partial charge is 0.379 e. The molecule has 1 aliphatic carbocycles. The molecule has 1 saturated carbocycles. The van der Waals surface area contributed by atoms with Gasteiger partial charge in [0.2, 0.25) is 5.91 Å². The first-order valence-corrected chi connectivity index (χ1v) is 12.7. The maximum atomic E-state index is 13.4. The van der Waals surface area contributed by atoms with Gasteiger partial charge in [0, 0.05) is 44.3 Å². The Morgan fingerprint density at radius 1 is 1.16 bits per heavy atom. The highest BCUT2D eigenvalue weighted by Crippen LogP contribution is 2.41. The van der Waals surface area contributed by atoms with Crippen molar-refractivity contribution >= 4 is 5.91 Å². The van der Waals surface area contributed by atoms with E-state index in [-0.39, 0.29) is 11.5 Å². The van der Waals surface area contributed by atoms with Crippen LogP contribution in [0.4, 0.5) is 0 Å². The number of piperidine rings is 1. The van der Waals surface area contributed by atoms with Crippen LogP contribution in [-0.4, -0.2) is 62.4 Å². The monoisotopic (exact) mass is 444 g/mol. The van der Waals surface area contributed by atoms with Gasteiger partial charge >= 0.3 is 0 Å². The van der Waals surface area contributed by atoms with Gasteiger partial charge in [0.25, 0.3) is 0 Å². The van der Waals surface area contributed by atoms with Gasteiger partial charge in [-0.25, -0.2) is 0 Å². The topological polar surface area (TPSA) is 50.8 Å². The van der Waals surface area contributed by atoms with E-state index in [0.717, 1.165) is 58.2 Å². The molecule has 4 unspecified atom stereocenters. The summed E-state index contributed by atoms with van der Waals surface area (Å²) in [6.07, 6.45) is 7.46. The van der Waals surface area contributed by atoms with E-state index < -0.39 is 0 Å². The van der Waals surface area contributed by atoms with Crippen LogP contribution in [0.2, 0.25) is 0 Å². The highest BCUT2D eigenvalue weighted by molar-refractivity contribution is 5.83. The van der Waals surface area contributed by atoms with Gasteiger partial charge in [0.15, 0.2) is 0 Å². The van der Waals surface area contributed by atoms with Crippen LogP contribution in [0, 0.1) is 5.41 Å². The maximum absolute atomic E-state index is 13.4. The van der Waals surface area contributed by atoms with Crippen LogP contribution in [0.3, 0.4) is 0 Å². The lowest BCUT2D eigenvalue weighted by Gasteiger charge is -2.37. The van der Waals surface area contributed by atoms with E-state index in [4.69, 9.17) is 9.47 Å². The molecule has 5 nitrogen and oxygen atoms in total. The molecule has 2 saturated heterocycles. The summed E-state index contributed by atoms with van der Waals surface area (Å²) in [5.41, 5.74) is 1.19. The van der Waals surface area contributed by atoms with Crippen LogP contribution in [0.15, 0.2) is 30.3 Å². The molecule has 2 aliphatic heterocycles. The van der Waals surface area contributed by atoms with Crippen molar-refractivity contribution < 1.29 is 14.3 Å². The van der Waals surface area contributed by atoms with Crippen molar-refractivity contribution in [2.45, 2.75) is 89.8 Å². The van der Waals surface area contributed by atoms with Crippen LogP contribution in [0.5, 0.6) is 0 Å². The minimum atomic E-state index is -0.231. The second-order valence-corrected chi connectivity index (χ2v) is 10.1.